The van der Waals surface area contributed by atoms with Gasteiger partial charge in [-0.05, 0) is 11.4 Å². The van der Waals surface area contributed by atoms with Gasteiger partial charge in [0.25, 0.3) is 5.56 Å². The molecule has 0 bridgehead atoms. The quantitative estimate of drug-likeness (QED) is 0.891. The molecule has 2 rings (SSSR count). The maximum Gasteiger partial charge on any atom is 0.332 e. The first-order valence-electron chi connectivity index (χ1n) is 5.52. The summed E-state index contributed by atoms with van der Waals surface area (Å²) in [5.74, 6) is 0.254. The molecule has 7 heteroatoms. The number of nitriles is 1. The van der Waals surface area contributed by atoms with E-state index in [1.807, 2.05) is 23.6 Å². The number of nitrogens with zero attached hydrogens (tertiary/aromatic N) is 3. The fourth-order valence-electron chi connectivity index (χ4n) is 1.74. The molecular weight excluding hydrogens is 264 g/mol. The normalized spacial score (nSPS) is 10.2. The van der Waals surface area contributed by atoms with Crippen molar-refractivity contribution in [1.29, 1.82) is 5.26 Å². The lowest BCUT2D eigenvalue weighted by Crippen LogP contribution is -2.39. The van der Waals surface area contributed by atoms with Gasteiger partial charge in [-0.15, -0.1) is 11.3 Å². The minimum Gasteiger partial charge on any atom is -0.365 e. The van der Waals surface area contributed by atoms with Gasteiger partial charge in [0, 0.05) is 19.0 Å². The van der Waals surface area contributed by atoms with Crippen LogP contribution in [0, 0.1) is 11.3 Å². The first-order chi connectivity index (χ1) is 9.06. The van der Waals surface area contributed by atoms with Gasteiger partial charge in [0.15, 0.2) is 5.56 Å². The molecule has 1 N–H and O–H groups in total. The first-order valence-corrected chi connectivity index (χ1v) is 6.40. The Morgan fingerprint density at radius 1 is 1.37 bits per heavy atom. The molecule has 0 amide bonds. The molecule has 0 fully saturated rings. The second-order valence-corrected chi connectivity index (χ2v) is 5.01. The Kier molecular flexibility index (Phi) is 3.53. The highest BCUT2D eigenvalue weighted by Crippen LogP contribution is 2.13. The van der Waals surface area contributed by atoms with Crippen molar-refractivity contribution in [2.75, 3.05) is 5.32 Å². The SMILES string of the molecule is Cn1c(NCc2cccs2)c(C#N)c(=O)n(C)c1=O. The van der Waals surface area contributed by atoms with Crippen molar-refractivity contribution in [2.45, 2.75) is 6.54 Å². The van der Waals surface area contributed by atoms with Crippen molar-refractivity contribution in [1.82, 2.24) is 9.13 Å². The molecule has 0 saturated carbocycles. The predicted molar refractivity (Wildman–Crippen MR) is 73.3 cm³/mol. The van der Waals surface area contributed by atoms with Crippen molar-refractivity contribution >= 4 is 17.2 Å². The van der Waals surface area contributed by atoms with E-state index in [1.54, 1.807) is 11.3 Å². The minimum atomic E-state index is -0.584. The second kappa shape index (κ2) is 5.12. The minimum absolute atomic E-state index is 0.0545. The van der Waals surface area contributed by atoms with E-state index in [0.717, 1.165) is 9.44 Å². The third-order valence-electron chi connectivity index (χ3n) is 2.79. The summed E-state index contributed by atoms with van der Waals surface area (Å²) in [6.07, 6.45) is 0. The third-order valence-corrected chi connectivity index (χ3v) is 3.66. The first kappa shape index (κ1) is 13.1. The van der Waals surface area contributed by atoms with Gasteiger partial charge >= 0.3 is 5.69 Å². The maximum atomic E-state index is 11.8. The second-order valence-electron chi connectivity index (χ2n) is 3.97. The van der Waals surface area contributed by atoms with Crippen molar-refractivity contribution in [3.05, 3.63) is 48.8 Å². The van der Waals surface area contributed by atoms with E-state index in [9.17, 15) is 9.59 Å². The van der Waals surface area contributed by atoms with Crippen LogP contribution in [0.2, 0.25) is 0 Å². The standard InChI is InChI=1S/C12H12N4O2S/c1-15-10(14-7-8-4-3-5-19-8)9(6-13)11(17)16(2)12(15)18/h3-5,14H,7H2,1-2H3. The Balaban J connectivity index is 2.48. The van der Waals surface area contributed by atoms with Crippen molar-refractivity contribution in [3.63, 3.8) is 0 Å². The molecule has 0 radical (unpaired) electrons. The van der Waals surface area contributed by atoms with E-state index >= 15 is 0 Å². The number of hydrogen-bond donors (Lipinski definition) is 1. The molecule has 98 valence electrons. The molecule has 0 unspecified atom stereocenters. The molecule has 6 nitrogen and oxygen atoms in total. The van der Waals surface area contributed by atoms with Gasteiger partial charge in [0.05, 0.1) is 6.54 Å². The van der Waals surface area contributed by atoms with Gasteiger partial charge in [-0.2, -0.15) is 5.26 Å². The zero-order valence-corrected chi connectivity index (χ0v) is 11.3. The molecule has 0 spiro atoms. The summed E-state index contributed by atoms with van der Waals surface area (Å²) < 4.78 is 2.20. The highest BCUT2D eigenvalue weighted by Gasteiger charge is 2.14. The van der Waals surface area contributed by atoms with Gasteiger partial charge in [-0.3, -0.25) is 13.9 Å². The Hall–Kier alpha value is -2.33. The molecule has 0 aliphatic heterocycles. The highest BCUT2D eigenvalue weighted by molar-refractivity contribution is 7.09. The van der Waals surface area contributed by atoms with E-state index in [2.05, 4.69) is 5.32 Å². The molecule has 0 aliphatic rings. The summed E-state index contributed by atoms with van der Waals surface area (Å²) in [4.78, 5) is 24.7. The number of rotatable bonds is 3. The zero-order chi connectivity index (χ0) is 14.0. The number of aromatic nitrogens is 2. The summed E-state index contributed by atoms with van der Waals surface area (Å²) in [6, 6.07) is 5.70. The van der Waals surface area contributed by atoms with Crippen LogP contribution in [0.1, 0.15) is 10.4 Å². The molecule has 2 heterocycles. The number of anilines is 1. The van der Waals surface area contributed by atoms with Gasteiger partial charge in [-0.25, -0.2) is 4.79 Å². The van der Waals surface area contributed by atoms with Crippen LogP contribution in [0.4, 0.5) is 5.82 Å². The highest BCUT2D eigenvalue weighted by atomic mass is 32.1. The van der Waals surface area contributed by atoms with Crippen molar-refractivity contribution in [3.8, 4) is 6.07 Å². The Bertz CT molecular complexity index is 750. The molecule has 2 aromatic rings. The van der Waals surface area contributed by atoms with E-state index in [-0.39, 0.29) is 11.4 Å². The number of hydrogen-bond acceptors (Lipinski definition) is 5. The summed E-state index contributed by atoms with van der Waals surface area (Å²) >= 11 is 1.56. The van der Waals surface area contributed by atoms with Gasteiger partial charge < -0.3 is 5.32 Å². The molecule has 0 aromatic carbocycles. The van der Waals surface area contributed by atoms with Gasteiger partial charge in [0.2, 0.25) is 0 Å². The van der Waals surface area contributed by atoms with Gasteiger partial charge in [0.1, 0.15) is 11.9 Å². The van der Waals surface area contributed by atoms with Gasteiger partial charge in [-0.1, -0.05) is 6.07 Å². The summed E-state index contributed by atoms with van der Waals surface area (Å²) in [5, 5.41) is 14.0. The topological polar surface area (TPSA) is 79.8 Å². The molecule has 0 saturated heterocycles. The van der Waals surface area contributed by atoms with E-state index in [4.69, 9.17) is 5.26 Å². The van der Waals surface area contributed by atoms with Crippen LogP contribution < -0.4 is 16.6 Å². The summed E-state index contributed by atoms with van der Waals surface area (Å²) in [6.45, 7) is 0.465. The molecule has 0 atom stereocenters. The average molecular weight is 276 g/mol. The summed E-state index contributed by atoms with van der Waals surface area (Å²) in [5.41, 5.74) is -1.10. The largest absolute Gasteiger partial charge is 0.365 e. The maximum absolute atomic E-state index is 11.8. The fraction of sp³-hybridized carbons (Fsp3) is 0.250. The Labute approximate surface area is 113 Å². The Morgan fingerprint density at radius 3 is 2.68 bits per heavy atom. The fourth-order valence-corrected chi connectivity index (χ4v) is 2.38. The van der Waals surface area contributed by atoms with Crippen molar-refractivity contribution in [2.24, 2.45) is 14.1 Å². The summed E-state index contributed by atoms with van der Waals surface area (Å²) in [7, 11) is 2.88. The average Bonchev–Trinajstić information content (AvgIpc) is 2.92. The van der Waals surface area contributed by atoms with E-state index in [0.29, 0.717) is 6.54 Å². The lowest BCUT2D eigenvalue weighted by atomic mass is 10.3. The van der Waals surface area contributed by atoms with Crippen LogP contribution in [0.25, 0.3) is 0 Å². The van der Waals surface area contributed by atoms with Crippen LogP contribution >= 0.6 is 11.3 Å². The van der Waals surface area contributed by atoms with Crippen LogP contribution in [-0.4, -0.2) is 9.13 Å². The lowest BCUT2D eigenvalue weighted by Gasteiger charge is -2.12. The van der Waals surface area contributed by atoms with Crippen LogP contribution in [-0.2, 0) is 20.6 Å². The smallest absolute Gasteiger partial charge is 0.332 e. The lowest BCUT2D eigenvalue weighted by molar-refractivity contribution is 0.685. The van der Waals surface area contributed by atoms with Crippen molar-refractivity contribution < 1.29 is 0 Å². The van der Waals surface area contributed by atoms with Crippen LogP contribution in [0.5, 0.6) is 0 Å². The van der Waals surface area contributed by atoms with Crippen LogP contribution in [0.3, 0.4) is 0 Å². The monoisotopic (exact) mass is 276 g/mol. The molecular formula is C12H12N4O2S. The third kappa shape index (κ3) is 2.30. The number of nitrogens with one attached hydrogen (secondary N) is 1. The van der Waals surface area contributed by atoms with Crippen LogP contribution in [0.15, 0.2) is 27.1 Å². The molecule has 2 aromatic heterocycles. The molecule has 19 heavy (non-hydrogen) atoms. The predicted octanol–water partition coefficient (Wildman–Crippen LogP) is 0.629. The number of thiophene rings is 1. The Morgan fingerprint density at radius 2 is 2.11 bits per heavy atom. The molecule has 0 aliphatic carbocycles. The zero-order valence-electron chi connectivity index (χ0n) is 10.5. The van der Waals surface area contributed by atoms with E-state index in [1.165, 1.54) is 18.7 Å². The van der Waals surface area contributed by atoms with E-state index < -0.39 is 11.2 Å².